The van der Waals surface area contributed by atoms with Crippen molar-refractivity contribution in [2.45, 2.75) is 53.1 Å². The third-order valence-corrected chi connectivity index (χ3v) is 5.10. The minimum absolute atomic E-state index is 0.0641. The fraction of sp³-hybridized carbons (Fsp3) is 0.400. The Hall–Kier alpha value is -2.94. The van der Waals surface area contributed by atoms with Crippen molar-refractivity contribution < 1.29 is 14.4 Å². The number of benzene rings is 1. The summed E-state index contributed by atoms with van der Waals surface area (Å²) < 4.78 is 3.91. The molecule has 0 aliphatic rings. The first-order valence-corrected chi connectivity index (χ1v) is 9.88. The topological polar surface area (TPSA) is 131 Å². The number of nitrogens with one attached hydrogen (secondary N) is 1. The van der Waals surface area contributed by atoms with Gasteiger partial charge < -0.3 is 16.8 Å². The SMILES string of the molecule is Cc1ccc(N(C(=O)c2snc(C(N)=O)c2N)C(C)C(=O)NC(C)(C)C)c(C)c1. The van der Waals surface area contributed by atoms with Crippen molar-refractivity contribution in [3.63, 3.8) is 0 Å². The Balaban J connectivity index is 2.56. The average Bonchev–Trinajstić information content (AvgIpc) is 2.96. The van der Waals surface area contributed by atoms with Gasteiger partial charge in [0.2, 0.25) is 5.91 Å². The molecule has 1 heterocycles. The first kappa shape index (κ1) is 22.4. The molecule has 29 heavy (non-hydrogen) atoms. The Morgan fingerprint density at radius 1 is 1.21 bits per heavy atom. The van der Waals surface area contributed by atoms with Crippen LogP contribution in [0.25, 0.3) is 0 Å². The number of nitrogens with zero attached hydrogens (tertiary/aromatic N) is 2. The Labute approximate surface area is 174 Å². The summed E-state index contributed by atoms with van der Waals surface area (Å²) in [4.78, 5) is 39.2. The van der Waals surface area contributed by atoms with Gasteiger partial charge in [-0.3, -0.25) is 19.3 Å². The molecule has 0 saturated heterocycles. The zero-order valence-electron chi connectivity index (χ0n) is 17.5. The second-order valence-electron chi connectivity index (χ2n) is 8.02. The first-order valence-electron chi connectivity index (χ1n) is 9.11. The predicted octanol–water partition coefficient (Wildman–Crippen LogP) is 2.39. The lowest BCUT2D eigenvalue weighted by Gasteiger charge is -2.32. The molecule has 2 rings (SSSR count). The number of hydrogen-bond acceptors (Lipinski definition) is 6. The van der Waals surface area contributed by atoms with Gasteiger partial charge >= 0.3 is 0 Å². The number of anilines is 2. The lowest BCUT2D eigenvalue weighted by molar-refractivity contribution is -0.123. The van der Waals surface area contributed by atoms with Crippen LogP contribution in [0.4, 0.5) is 11.4 Å². The van der Waals surface area contributed by atoms with Crippen molar-refractivity contribution in [1.82, 2.24) is 9.69 Å². The van der Waals surface area contributed by atoms with E-state index in [0.717, 1.165) is 22.7 Å². The molecular weight excluding hydrogens is 390 g/mol. The van der Waals surface area contributed by atoms with Gasteiger partial charge in [0, 0.05) is 11.2 Å². The van der Waals surface area contributed by atoms with E-state index in [1.54, 1.807) is 13.0 Å². The van der Waals surface area contributed by atoms with Gasteiger partial charge in [-0.1, -0.05) is 17.7 Å². The number of amides is 3. The molecule has 5 N–H and O–H groups in total. The summed E-state index contributed by atoms with van der Waals surface area (Å²) in [6.45, 7) is 11.0. The van der Waals surface area contributed by atoms with Crippen LogP contribution in [0.1, 0.15) is 59.0 Å². The second-order valence-corrected chi connectivity index (χ2v) is 8.79. The van der Waals surface area contributed by atoms with Crippen LogP contribution in [0.15, 0.2) is 18.2 Å². The van der Waals surface area contributed by atoms with Gasteiger partial charge in [-0.25, -0.2) is 0 Å². The number of aromatic nitrogens is 1. The van der Waals surface area contributed by atoms with Crippen LogP contribution in [0.2, 0.25) is 0 Å². The fourth-order valence-corrected chi connectivity index (χ4v) is 3.64. The largest absolute Gasteiger partial charge is 0.395 e. The zero-order valence-corrected chi connectivity index (χ0v) is 18.3. The van der Waals surface area contributed by atoms with Gasteiger partial charge in [0.05, 0.1) is 5.69 Å². The molecule has 1 aromatic carbocycles. The Morgan fingerprint density at radius 2 is 1.83 bits per heavy atom. The summed E-state index contributed by atoms with van der Waals surface area (Å²) in [5.74, 6) is -1.64. The molecule has 3 amide bonds. The molecule has 0 fully saturated rings. The molecule has 1 atom stereocenters. The van der Waals surface area contributed by atoms with E-state index in [1.165, 1.54) is 4.90 Å². The number of nitrogen functional groups attached to an aromatic ring is 1. The van der Waals surface area contributed by atoms with E-state index >= 15 is 0 Å². The van der Waals surface area contributed by atoms with Crippen LogP contribution >= 0.6 is 11.5 Å². The Kier molecular flexibility index (Phi) is 6.32. The van der Waals surface area contributed by atoms with Gasteiger partial charge in [0.25, 0.3) is 11.8 Å². The molecule has 8 nitrogen and oxygen atoms in total. The third kappa shape index (κ3) is 4.92. The molecule has 0 saturated carbocycles. The lowest BCUT2D eigenvalue weighted by atomic mass is 10.1. The average molecular weight is 418 g/mol. The van der Waals surface area contributed by atoms with Crippen molar-refractivity contribution in [2.75, 3.05) is 10.6 Å². The van der Waals surface area contributed by atoms with Crippen molar-refractivity contribution >= 4 is 40.6 Å². The number of primary amides is 1. The van der Waals surface area contributed by atoms with Gasteiger partial charge in [0.1, 0.15) is 10.9 Å². The van der Waals surface area contributed by atoms with E-state index in [0.29, 0.717) is 5.69 Å². The van der Waals surface area contributed by atoms with Crippen LogP contribution in [0.3, 0.4) is 0 Å². The van der Waals surface area contributed by atoms with E-state index in [4.69, 9.17) is 11.5 Å². The molecule has 0 spiro atoms. The van der Waals surface area contributed by atoms with Crippen molar-refractivity contribution in [3.05, 3.63) is 39.9 Å². The maximum atomic E-state index is 13.4. The summed E-state index contributed by atoms with van der Waals surface area (Å²) in [5.41, 5.74) is 13.0. The predicted molar refractivity (Wildman–Crippen MR) is 115 cm³/mol. The zero-order chi connectivity index (χ0) is 22.1. The normalized spacial score (nSPS) is 12.3. The summed E-state index contributed by atoms with van der Waals surface area (Å²) in [6, 6.07) is 4.74. The summed E-state index contributed by atoms with van der Waals surface area (Å²) in [6.07, 6.45) is 0. The summed E-state index contributed by atoms with van der Waals surface area (Å²) in [5, 5.41) is 2.89. The van der Waals surface area contributed by atoms with Crippen molar-refractivity contribution in [1.29, 1.82) is 0 Å². The van der Waals surface area contributed by atoms with Crippen molar-refractivity contribution in [2.24, 2.45) is 5.73 Å². The maximum absolute atomic E-state index is 13.4. The number of rotatable bonds is 5. The quantitative estimate of drug-likeness (QED) is 0.687. The van der Waals surface area contributed by atoms with Crippen molar-refractivity contribution in [3.8, 4) is 0 Å². The van der Waals surface area contributed by atoms with E-state index in [9.17, 15) is 14.4 Å². The third-order valence-electron chi connectivity index (χ3n) is 4.25. The highest BCUT2D eigenvalue weighted by Crippen LogP contribution is 2.30. The lowest BCUT2D eigenvalue weighted by Crippen LogP contribution is -2.53. The van der Waals surface area contributed by atoms with Crippen LogP contribution in [-0.2, 0) is 4.79 Å². The molecule has 0 bridgehead atoms. The maximum Gasteiger partial charge on any atom is 0.272 e. The van der Waals surface area contributed by atoms with E-state index in [1.807, 2.05) is 46.8 Å². The molecule has 0 aliphatic heterocycles. The monoisotopic (exact) mass is 417 g/mol. The molecular formula is C20H27N5O3S. The fourth-order valence-electron chi connectivity index (χ4n) is 2.90. The minimum atomic E-state index is -0.832. The van der Waals surface area contributed by atoms with Gasteiger partial charge in [-0.15, -0.1) is 0 Å². The highest BCUT2D eigenvalue weighted by atomic mass is 32.1. The summed E-state index contributed by atoms with van der Waals surface area (Å²) >= 11 is 0.788. The standard InChI is InChI=1S/C20H27N5O3S/c1-10-7-8-13(11(2)9-10)25(12(3)18(27)23-20(4,5)6)19(28)16-14(21)15(17(22)26)24-29-16/h7-9,12H,21H2,1-6H3,(H2,22,26)(H,23,27). The van der Waals surface area contributed by atoms with Crippen LogP contribution in [0.5, 0.6) is 0 Å². The van der Waals surface area contributed by atoms with E-state index in [-0.39, 0.29) is 22.2 Å². The van der Waals surface area contributed by atoms with Gasteiger partial charge in [-0.2, -0.15) is 4.37 Å². The van der Waals surface area contributed by atoms with E-state index in [2.05, 4.69) is 9.69 Å². The number of aryl methyl sites for hydroxylation is 2. The Morgan fingerprint density at radius 3 is 2.31 bits per heavy atom. The number of carbonyl (C=O) groups excluding carboxylic acids is 3. The highest BCUT2D eigenvalue weighted by molar-refractivity contribution is 7.09. The number of carbonyl (C=O) groups is 3. The van der Waals surface area contributed by atoms with E-state index < -0.39 is 23.4 Å². The first-order chi connectivity index (χ1) is 13.3. The van der Waals surface area contributed by atoms with Crippen LogP contribution in [-0.4, -0.2) is 33.7 Å². The second kappa shape index (κ2) is 8.20. The molecule has 1 aromatic heterocycles. The number of hydrogen-bond donors (Lipinski definition) is 3. The van der Waals surface area contributed by atoms with Crippen LogP contribution < -0.4 is 21.7 Å². The highest BCUT2D eigenvalue weighted by Gasteiger charge is 2.34. The molecule has 2 aromatic rings. The number of nitrogens with two attached hydrogens (primary N) is 2. The molecule has 1 unspecified atom stereocenters. The smallest absolute Gasteiger partial charge is 0.272 e. The van der Waals surface area contributed by atoms with Crippen LogP contribution in [0, 0.1) is 13.8 Å². The minimum Gasteiger partial charge on any atom is -0.395 e. The molecule has 9 heteroatoms. The molecule has 0 aliphatic carbocycles. The van der Waals surface area contributed by atoms with Gasteiger partial charge in [0.15, 0.2) is 5.69 Å². The summed E-state index contributed by atoms with van der Waals surface area (Å²) in [7, 11) is 0. The molecule has 156 valence electrons. The van der Waals surface area contributed by atoms with Gasteiger partial charge in [-0.05, 0) is 64.7 Å². The molecule has 0 radical (unpaired) electrons. The Bertz CT molecular complexity index is 962.